The van der Waals surface area contributed by atoms with Crippen LogP contribution in [-0.4, -0.2) is 12.1 Å². The minimum atomic E-state index is -0.339. The number of benzene rings is 1. The predicted molar refractivity (Wildman–Crippen MR) is 69.0 cm³/mol. The van der Waals surface area contributed by atoms with Crippen molar-refractivity contribution in [3.8, 4) is 5.75 Å². The Morgan fingerprint density at radius 3 is 2.94 bits per heavy atom. The van der Waals surface area contributed by atoms with Gasteiger partial charge in [-0.05, 0) is 17.7 Å². The molecule has 1 aromatic carbocycles. The van der Waals surface area contributed by atoms with Gasteiger partial charge in [0.25, 0.3) is 0 Å². The number of methoxy groups -OCH3 is 1. The standard InChI is InChI=1S/C11H11FN2OS2/c1-15-9-3-2-7(4-8(9)12)6-16-10-5-14-11(13)17-10/h2-5H,6H2,1H3,(H2,13,14). The van der Waals surface area contributed by atoms with Crippen molar-refractivity contribution in [1.29, 1.82) is 0 Å². The number of nitrogens with zero attached hydrogens (tertiary/aromatic N) is 1. The Balaban J connectivity index is 2.02. The Morgan fingerprint density at radius 1 is 1.53 bits per heavy atom. The lowest BCUT2D eigenvalue weighted by molar-refractivity contribution is 0.386. The summed E-state index contributed by atoms with van der Waals surface area (Å²) in [6.45, 7) is 0. The normalized spacial score (nSPS) is 10.5. The second-order valence-electron chi connectivity index (χ2n) is 3.28. The summed E-state index contributed by atoms with van der Waals surface area (Å²) in [6.07, 6.45) is 1.73. The molecule has 0 radical (unpaired) electrons. The van der Waals surface area contributed by atoms with Crippen molar-refractivity contribution in [2.24, 2.45) is 0 Å². The Labute approximate surface area is 107 Å². The van der Waals surface area contributed by atoms with E-state index >= 15 is 0 Å². The van der Waals surface area contributed by atoms with Gasteiger partial charge < -0.3 is 10.5 Å². The zero-order valence-corrected chi connectivity index (χ0v) is 10.8. The lowest BCUT2D eigenvalue weighted by Gasteiger charge is -2.04. The van der Waals surface area contributed by atoms with E-state index in [1.165, 1.54) is 24.5 Å². The van der Waals surface area contributed by atoms with Crippen molar-refractivity contribution >= 4 is 28.2 Å². The van der Waals surface area contributed by atoms with E-state index in [1.54, 1.807) is 24.0 Å². The van der Waals surface area contributed by atoms with Crippen LogP contribution in [0.2, 0.25) is 0 Å². The van der Waals surface area contributed by atoms with E-state index in [2.05, 4.69) is 4.98 Å². The van der Waals surface area contributed by atoms with Gasteiger partial charge >= 0.3 is 0 Å². The van der Waals surface area contributed by atoms with Crippen molar-refractivity contribution in [2.75, 3.05) is 12.8 Å². The zero-order chi connectivity index (χ0) is 12.3. The zero-order valence-electron chi connectivity index (χ0n) is 9.14. The smallest absolute Gasteiger partial charge is 0.181 e. The Morgan fingerprint density at radius 2 is 2.35 bits per heavy atom. The molecule has 3 nitrogen and oxygen atoms in total. The lowest BCUT2D eigenvalue weighted by Crippen LogP contribution is -1.89. The molecule has 0 bridgehead atoms. The molecule has 1 aromatic heterocycles. The van der Waals surface area contributed by atoms with Crippen molar-refractivity contribution in [3.63, 3.8) is 0 Å². The second-order valence-corrected chi connectivity index (χ2v) is 5.61. The van der Waals surface area contributed by atoms with E-state index in [1.807, 2.05) is 6.07 Å². The van der Waals surface area contributed by atoms with Gasteiger partial charge in [0.2, 0.25) is 0 Å². The minimum absolute atomic E-state index is 0.265. The number of nitrogens with two attached hydrogens (primary N) is 1. The number of nitrogen functional groups attached to an aromatic ring is 1. The quantitative estimate of drug-likeness (QED) is 0.867. The summed E-state index contributed by atoms with van der Waals surface area (Å²) in [5.74, 6) is 0.609. The minimum Gasteiger partial charge on any atom is -0.494 e. The molecule has 0 aliphatic rings. The second kappa shape index (κ2) is 5.37. The molecule has 2 N–H and O–H groups in total. The van der Waals surface area contributed by atoms with Crippen LogP contribution in [0.3, 0.4) is 0 Å². The van der Waals surface area contributed by atoms with E-state index < -0.39 is 0 Å². The van der Waals surface area contributed by atoms with E-state index in [9.17, 15) is 4.39 Å². The van der Waals surface area contributed by atoms with Crippen LogP contribution in [0.15, 0.2) is 28.6 Å². The number of ether oxygens (including phenoxy) is 1. The molecule has 2 aromatic rings. The number of rotatable bonds is 4. The van der Waals surface area contributed by atoms with Gasteiger partial charge in [-0.1, -0.05) is 17.4 Å². The first kappa shape index (κ1) is 12.2. The summed E-state index contributed by atoms with van der Waals surface area (Å²) in [6, 6.07) is 4.96. The van der Waals surface area contributed by atoms with Crippen molar-refractivity contribution in [1.82, 2.24) is 4.98 Å². The maximum absolute atomic E-state index is 13.4. The molecular weight excluding hydrogens is 259 g/mol. The summed E-state index contributed by atoms with van der Waals surface area (Å²) in [7, 11) is 1.45. The highest BCUT2D eigenvalue weighted by Gasteiger charge is 2.05. The third-order valence-electron chi connectivity index (χ3n) is 2.10. The lowest BCUT2D eigenvalue weighted by atomic mass is 10.2. The third kappa shape index (κ3) is 3.10. The van der Waals surface area contributed by atoms with Gasteiger partial charge in [0.15, 0.2) is 16.7 Å². The summed E-state index contributed by atoms with van der Waals surface area (Å²) in [5.41, 5.74) is 6.43. The number of anilines is 1. The van der Waals surface area contributed by atoms with Crippen LogP contribution in [0.25, 0.3) is 0 Å². The van der Waals surface area contributed by atoms with Gasteiger partial charge in [-0.2, -0.15) is 0 Å². The maximum Gasteiger partial charge on any atom is 0.181 e. The average molecular weight is 270 g/mol. The molecule has 0 fully saturated rings. The first-order valence-electron chi connectivity index (χ1n) is 4.85. The highest BCUT2D eigenvalue weighted by atomic mass is 32.2. The van der Waals surface area contributed by atoms with Gasteiger partial charge in [-0.25, -0.2) is 9.37 Å². The topological polar surface area (TPSA) is 48.1 Å². The number of thiazole rings is 1. The summed E-state index contributed by atoms with van der Waals surface area (Å²) in [4.78, 5) is 3.96. The fourth-order valence-electron chi connectivity index (χ4n) is 1.29. The van der Waals surface area contributed by atoms with Crippen LogP contribution in [0.1, 0.15) is 5.56 Å². The number of aromatic nitrogens is 1. The molecule has 0 saturated heterocycles. The number of thioether (sulfide) groups is 1. The van der Waals surface area contributed by atoms with E-state index in [4.69, 9.17) is 10.5 Å². The van der Waals surface area contributed by atoms with Crippen molar-refractivity contribution < 1.29 is 9.13 Å². The average Bonchev–Trinajstić information content (AvgIpc) is 2.73. The third-order valence-corrected chi connectivity index (χ3v) is 4.19. The molecule has 2 rings (SSSR count). The first-order valence-corrected chi connectivity index (χ1v) is 6.66. The molecule has 17 heavy (non-hydrogen) atoms. The molecule has 0 amide bonds. The van der Waals surface area contributed by atoms with E-state index in [0.29, 0.717) is 10.9 Å². The maximum atomic E-state index is 13.4. The molecule has 0 aliphatic heterocycles. The van der Waals surface area contributed by atoms with E-state index in [-0.39, 0.29) is 11.6 Å². The van der Waals surface area contributed by atoms with Gasteiger partial charge in [-0.15, -0.1) is 11.8 Å². The van der Waals surface area contributed by atoms with Crippen LogP contribution in [0.4, 0.5) is 9.52 Å². The van der Waals surface area contributed by atoms with Crippen LogP contribution < -0.4 is 10.5 Å². The molecule has 0 spiro atoms. The number of halogens is 1. The molecule has 6 heteroatoms. The predicted octanol–water partition coefficient (Wildman–Crippen LogP) is 3.17. The molecule has 0 saturated carbocycles. The molecule has 1 heterocycles. The summed E-state index contributed by atoms with van der Waals surface area (Å²) in [5, 5.41) is 0.549. The Kier molecular flexibility index (Phi) is 3.86. The molecule has 0 atom stereocenters. The van der Waals surface area contributed by atoms with Crippen LogP contribution in [0.5, 0.6) is 5.75 Å². The highest BCUT2D eigenvalue weighted by molar-refractivity contribution is 8.00. The van der Waals surface area contributed by atoms with Crippen LogP contribution in [-0.2, 0) is 5.75 Å². The van der Waals surface area contributed by atoms with Gasteiger partial charge in [0.05, 0.1) is 17.5 Å². The summed E-state index contributed by atoms with van der Waals surface area (Å²) < 4.78 is 19.3. The van der Waals surface area contributed by atoms with Crippen LogP contribution in [0, 0.1) is 5.82 Å². The highest BCUT2D eigenvalue weighted by Crippen LogP contribution is 2.30. The fourth-order valence-corrected chi connectivity index (χ4v) is 2.99. The van der Waals surface area contributed by atoms with Crippen molar-refractivity contribution in [2.45, 2.75) is 9.96 Å². The van der Waals surface area contributed by atoms with E-state index in [0.717, 1.165) is 9.77 Å². The Bertz CT molecular complexity index is 516. The Hall–Kier alpha value is -1.27. The molecule has 90 valence electrons. The van der Waals surface area contributed by atoms with Crippen molar-refractivity contribution in [3.05, 3.63) is 35.8 Å². The number of hydrogen-bond donors (Lipinski definition) is 1. The SMILES string of the molecule is COc1ccc(CSc2cnc(N)s2)cc1F. The van der Waals surface area contributed by atoms with Crippen LogP contribution >= 0.6 is 23.1 Å². The van der Waals surface area contributed by atoms with Gasteiger partial charge in [0, 0.05) is 5.75 Å². The number of hydrogen-bond acceptors (Lipinski definition) is 5. The first-order chi connectivity index (χ1) is 8.19. The molecule has 0 unspecified atom stereocenters. The molecule has 0 aliphatic carbocycles. The van der Waals surface area contributed by atoms with Gasteiger partial charge in [-0.3, -0.25) is 0 Å². The largest absolute Gasteiger partial charge is 0.494 e. The molecular formula is C11H11FN2OS2. The fraction of sp³-hybridized carbons (Fsp3) is 0.182. The summed E-state index contributed by atoms with van der Waals surface area (Å²) >= 11 is 3.02. The monoisotopic (exact) mass is 270 g/mol. The van der Waals surface area contributed by atoms with Gasteiger partial charge in [0.1, 0.15) is 0 Å².